The van der Waals surface area contributed by atoms with Crippen molar-refractivity contribution >= 4 is 18.3 Å². The van der Waals surface area contributed by atoms with Crippen LogP contribution >= 0.6 is 12.4 Å². The van der Waals surface area contributed by atoms with Gasteiger partial charge < -0.3 is 11.1 Å². The van der Waals surface area contributed by atoms with Gasteiger partial charge in [0.05, 0.1) is 5.56 Å². The number of hydrogen-bond acceptors (Lipinski definition) is 2. The van der Waals surface area contributed by atoms with Crippen molar-refractivity contribution in [2.75, 3.05) is 13.1 Å². The first-order valence-electron chi connectivity index (χ1n) is 6.88. The van der Waals surface area contributed by atoms with Crippen LogP contribution in [0.5, 0.6) is 0 Å². The summed E-state index contributed by atoms with van der Waals surface area (Å²) in [5.41, 5.74) is 5.49. The topological polar surface area (TPSA) is 55.1 Å². The lowest BCUT2D eigenvalue weighted by molar-refractivity contribution is -0.137. The van der Waals surface area contributed by atoms with Gasteiger partial charge in [0.2, 0.25) is 5.91 Å². The molecule has 1 aromatic rings. The number of rotatable bonds is 6. The highest BCUT2D eigenvalue weighted by Crippen LogP contribution is 2.29. The summed E-state index contributed by atoms with van der Waals surface area (Å²) in [7, 11) is 0. The second-order valence-electron chi connectivity index (χ2n) is 5.39. The van der Waals surface area contributed by atoms with E-state index in [0.29, 0.717) is 25.1 Å². The largest absolute Gasteiger partial charge is 0.416 e. The summed E-state index contributed by atoms with van der Waals surface area (Å²) in [4.78, 5) is 11.9. The molecule has 0 aromatic heterocycles. The van der Waals surface area contributed by atoms with E-state index < -0.39 is 11.7 Å². The Morgan fingerprint density at radius 2 is 1.77 bits per heavy atom. The minimum Gasteiger partial charge on any atom is -0.356 e. The van der Waals surface area contributed by atoms with Gasteiger partial charge in [0.25, 0.3) is 0 Å². The Bertz CT molecular complexity index is 463. The van der Waals surface area contributed by atoms with Crippen molar-refractivity contribution in [3.05, 3.63) is 35.4 Å². The first kappa shape index (κ1) is 20.7. The van der Waals surface area contributed by atoms with Gasteiger partial charge in [0.15, 0.2) is 0 Å². The molecule has 0 fully saturated rings. The number of carbonyl (C=O) groups is 1. The summed E-state index contributed by atoms with van der Waals surface area (Å²) in [5, 5.41) is 2.79. The van der Waals surface area contributed by atoms with E-state index in [1.54, 1.807) is 6.92 Å². The highest BCUT2D eigenvalue weighted by Gasteiger charge is 2.30. The number of alkyl halides is 3. The predicted octanol–water partition coefficient (Wildman–Crippen LogP) is 3.02. The van der Waals surface area contributed by atoms with Gasteiger partial charge in [-0.25, -0.2) is 0 Å². The molecule has 0 spiro atoms. The molecule has 1 rings (SSSR count). The zero-order valence-corrected chi connectivity index (χ0v) is 13.4. The minimum atomic E-state index is -4.33. The van der Waals surface area contributed by atoms with Crippen molar-refractivity contribution in [3.8, 4) is 0 Å². The van der Waals surface area contributed by atoms with Crippen molar-refractivity contribution in [2.24, 2.45) is 17.6 Å². The lowest BCUT2D eigenvalue weighted by Gasteiger charge is -2.15. The van der Waals surface area contributed by atoms with E-state index in [4.69, 9.17) is 5.73 Å². The molecule has 2 unspecified atom stereocenters. The number of nitrogens with one attached hydrogen (secondary N) is 1. The molecule has 0 saturated carbocycles. The van der Waals surface area contributed by atoms with E-state index in [1.807, 2.05) is 6.92 Å². The van der Waals surface area contributed by atoms with E-state index in [9.17, 15) is 18.0 Å². The minimum absolute atomic E-state index is 0. The van der Waals surface area contributed by atoms with Gasteiger partial charge in [0.1, 0.15) is 0 Å². The Balaban J connectivity index is 0.00000441. The Morgan fingerprint density at radius 3 is 2.23 bits per heavy atom. The number of halogens is 4. The lowest BCUT2D eigenvalue weighted by Crippen LogP contribution is -2.35. The van der Waals surface area contributed by atoms with Crippen molar-refractivity contribution in [3.63, 3.8) is 0 Å². The van der Waals surface area contributed by atoms with Crippen molar-refractivity contribution < 1.29 is 18.0 Å². The zero-order chi connectivity index (χ0) is 16.0. The van der Waals surface area contributed by atoms with Crippen molar-refractivity contribution in [1.29, 1.82) is 0 Å². The van der Waals surface area contributed by atoms with Crippen LogP contribution in [0.15, 0.2) is 24.3 Å². The third kappa shape index (κ3) is 6.66. The van der Waals surface area contributed by atoms with Gasteiger partial charge >= 0.3 is 6.18 Å². The molecule has 0 heterocycles. The third-order valence-electron chi connectivity index (χ3n) is 3.30. The fraction of sp³-hybridized carbons (Fsp3) is 0.533. The average Bonchev–Trinajstić information content (AvgIpc) is 2.43. The molecule has 0 aliphatic rings. The van der Waals surface area contributed by atoms with Crippen LogP contribution < -0.4 is 11.1 Å². The zero-order valence-electron chi connectivity index (χ0n) is 12.6. The molecule has 2 atom stereocenters. The SMILES string of the molecule is CC(CN)CNC(=O)C(C)Cc1ccc(C(F)(F)F)cc1.Cl. The molecule has 7 heteroatoms. The summed E-state index contributed by atoms with van der Waals surface area (Å²) in [6, 6.07) is 4.90. The second-order valence-corrected chi connectivity index (χ2v) is 5.39. The summed E-state index contributed by atoms with van der Waals surface area (Å²) < 4.78 is 37.3. The first-order valence-corrected chi connectivity index (χ1v) is 6.88. The van der Waals surface area contributed by atoms with Gasteiger partial charge in [-0.05, 0) is 36.6 Å². The van der Waals surface area contributed by atoms with Crippen LogP contribution in [-0.4, -0.2) is 19.0 Å². The van der Waals surface area contributed by atoms with Gasteiger partial charge in [-0.3, -0.25) is 4.79 Å². The Hall–Kier alpha value is -1.27. The van der Waals surface area contributed by atoms with E-state index in [0.717, 1.165) is 12.1 Å². The van der Waals surface area contributed by atoms with Crippen LogP contribution in [-0.2, 0) is 17.4 Å². The number of hydrogen-bond donors (Lipinski definition) is 2. The maximum atomic E-state index is 12.4. The van der Waals surface area contributed by atoms with E-state index in [2.05, 4.69) is 5.32 Å². The van der Waals surface area contributed by atoms with Crippen LogP contribution in [0.3, 0.4) is 0 Å². The Kier molecular flexibility index (Phi) is 8.48. The van der Waals surface area contributed by atoms with E-state index in [-0.39, 0.29) is 30.2 Å². The molecule has 0 bridgehead atoms. The smallest absolute Gasteiger partial charge is 0.356 e. The molecule has 0 aliphatic heterocycles. The summed E-state index contributed by atoms with van der Waals surface area (Å²) in [5.74, 6) is -0.214. The number of carbonyl (C=O) groups excluding carboxylic acids is 1. The van der Waals surface area contributed by atoms with E-state index in [1.165, 1.54) is 12.1 Å². The van der Waals surface area contributed by atoms with Gasteiger partial charge in [0, 0.05) is 12.5 Å². The van der Waals surface area contributed by atoms with Crippen molar-refractivity contribution in [1.82, 2.24) is 5.32 Å². The fourth-order valence-electron chi connectivity index (χ4n) is 1.81. The molecule has 1 aromatic carbocycles. The second kappa shape index (κ2) is 9.00. The van der Waals surface area contributed by atoms with Crippen LogP contribution in [0.25, 0.3) is 0 Å². The molecule has 3 N–H and O–H groups in total. The normalized spacial score (nSPS) is 13.9. The van der Waals surface area contributed by atoms with Gasteiger partial charge in [-0.1, -0.05) is 26.0 Å². The molecule has 0 saturated heterocycles. The molecule has 126 valence electrons. The maximum Gasteiger partial charge on any atom is 0.416 e. The standard InChI is InChI=1S/C15H21F3N2O.ClH/c1-10(8-19)9-20-14(21)11(2)7-12-3-5-13(6-4-12)15(16,17)18;/h3-6,10-11H,7-9,19H2,1-2H3,(H,20,21);1H. The Labute approximate surface area is 134 Å². The number of nitrogens with two attached hydrogens (primary N) is 1. The van der Waals surface area contributed by atoms with Gasteiger partial charge in [-0.15, -0.1) is 12.4 Å². The van der Waals surface area contributed by atoms with Crippen LogP contribution in [0.4, 0.5) is 13.2 Å². The quantitative estimate of drug-likeness (QED) is 0.837. The number of benzene rings is 1. The van der Waals surface area contributed by atoms with Crippen LogP contribution in [0.1, 0.15) is 25.0 Å². The lowest BCUT2D eigenvalue weighted by atomic mass is 9.99. The fourth-order valence-corrected chi connectivity index (χ4v) is 1.81. The molecular formula is C15H22ClF3N2O. The average molecular weight is 339 g/mol. The van der Waals surface area contributed by atoms with Gasteiger partial charge in [-0.2, -0.15) is 13.2 Å². The molecule has 3 nitrogen and oxygen atoms in total. The maximum absolute atomic E-state index is 12.4. The monoisotopic (exact) mass is 338 g/mol. The summed E-state index contributed by atoms with van der Waals surface area (Å²) >= 11 is 0. The van der Waals surface area contributed by atoms with Crippen molar-refractivity contribution in [2.45, 2.75) is 26.4 Å². The molecule has 0 aliphatic carbocycles. The number of amides is 1. The predicted molar refractivity (Wildman–Crippen MR) is 82.8 cm³/mol. The highest BCUT2D eigenvalue weighted by molar-refractivity contribution is 5.85. The third-order valence-corrected chi connectivity index (χ3v) is 3.30. The molecular weight excluding hydrogens is 317 g/mol. The first-order chi connectivity index (χ1) is 9.74. The Morgan fingerprint density at radius 1 is 1.23 bits per heavy atom. The van der Waals surface area contributed by atoms with E-state index >= 15 is 0 Å². The van der Waals surface area contributed by atoms with Crippen LogP contribution in [0.2, 0.25) is 0 Å². The molecule has 22 heavy (non-hydrogen) atoms. The van der Waals surface area contributed by atoms with Crippen LogP contribution in [0, 0.1) is 11.8 Å². The molecule has 1 amide bonds. The highest BCUT2D eigenvalue weighted by atomic mass is 35.5. The molecule has 0 radical (unpaired) electrons. The summed E-state index contributed by atoms with van der Waals surface area (Å²) in [6.07, 6.45) is -3.93. The summed E-state index contributed by atoms with van der Waals surface area (Å²) in [6.45, 7) is 4.68.